The first-order chi connectivity index (χ1) is 25.7. The van der Waals surface area contributed by atoms with Gasteiger partial charge in [-0.2, -0.15) is 13.2 Å². The molecule has 3 aromatic heterocycles. The predicted molar refractivity (Wildman–Crippen MR) is 199 cm³/mol. The largest absolute Gasteiger partial charge is 0.464 e. The highest BCUT2D eigenvalue weighted by Crippen LogP contribution is 2.44. The zero-order chi connectivity index (χ0) is 38.4. The molecule has 3 aliphatic rings. The summed E-state index contributed by atoms with van der Waals surface area (Å²) >= 11 is 1.36. The van der Waals surface area contributed by atoms with E-state index in [2.05, 4.69) is 10.3 Å². The molecule has 1 amide bonds. The molecule has 3 aliphatic heterocycles. The fourth-order valence-corrected chi connectivity index (χ4v) is 8.39. The fraction of sp³-hybridized carbons (Fsp3) is 0.526. The Hall–Kier alpha value is -4.09. The number of rotatable bonds is 5. The van der Waals surface area contributed by atoms with Crippen LogP contribution < -0.4 is 16.1 Å². The van der Waals surface area contributed by atoms with Gasteiger partial charge in [0, 0.05) is 66.0 Å². The third kappa shape index (κ3) is 7.98. The number of nitrogens with zero attached hydrogens (tertiary/aromatic N) is 5. The standard InChI is InChI=1S/C38H46F3N7O5S/c1-22(51-4)33-26(15-24(18-43-33)46-10-12-52-13-11-46)34-27-17-37(2,3)21-53-36(50)29-6-5-9-48(45-29)35(49)28(42)16-32-44-30(19-54-32)23-7-8-31(25(27)14-23)47(34)20-38(39,40)41/h7-8,14-15,18-19,22,28-29,45H,5-6,9-13,16-17,20-21,42H2,1-4H3/t22-,28-,29-/m0/s1. The summed E-state index contributed by atoms with van der Waals surface area (Å²) in [6, 6.07) is 5.63. The SMILES string of the molecule is CO[C@@H](C)c1ncc(N2CCOCC2)cc1-c1c2c3cc(ccc3n1CC(F)(F)F)-c1csc(n1)C[C@H](N)C(=O)N1CCC[C@H](N1)C(=O)OCC(C)(C)C2. The summed E-state index contributed by atoms with van der Waals surface area (Å²) in [5.74, 6) is -0.856. The van der Waals surface area contributed by atoms with Crippen LogP contribution in [0.2, 0.25) is 0 Å². The minimum Gasteiger partial charge on any atom is -0.464 e. The van der Waals surface area contributed by atoms with Gasteiger partial charge >= 0.3 is 12.1 Å². The first kappa shape index (κ1) is 38.2. The number of pyridine rings is 1. The number of esters is 1. The lowest BCUT2D eigenvalue weighted by Crippen LogP contribution is -2.59. The molecular weight excluding hydrogens is 724 g/mol. The van der Waals surface area contributed by atoms with E-state index in [1.165, 1.54) is 20.9 Å². The van der Waals surface area contributed by atoms with Gasteiger partial charge in [-0.15, -0.1) is 11.3 Å². The summed E-state index contributed by atoms with van der Waals surface area (Å²) in [6.07, 6.45) is -1.87. The van der Waals surface area contributed by atoms with Gasteiger partial charge < -0.3 is 29.4 Å². The number of aromatic nitrogens is 3. The zero-order valence-corrected chi connectivity index (χ0v) is 31.7. The molecule has 0 unspecified atom stereocenters. The van der Waals surface area contributed by atoms with Crippen LogP contribution in [0.5, 0.6) is 0 Å². The lowest BCUT2D eigenvalue weighted by atomic mass is 9.84. The summed E-state index contributed by atoms with van der Waals surface area (Å²) < 4.78 is 62.6. The van der Waals surface area contributed by atoms with Gasteiger partial charge in [0.05, 0.1) is 65.9 Å². The Morgan fingerprint density at radius 1 is 1.17 bits per heavy atom. The quantitative estimate of drug-likeness (QED) is 0.253. The maximum Gasteiger partial charge on any atom is 0.406 e. The number of ether oxygens (including phenoxy) is 3. The number of thiazole rings is 1. The smallest absolute Gasteiger partial charge is 0.406 e. The number of nitrogens with two attached hydrogens (primary N) is 1. The summed E-state index contributed by atoms with van der Waals surface area (Å²) in [4.78, 5) is 38.6. The molecule has 0 radical (unpaired) electrons. The van der Waals surface area contributed by atoms with E-state index >= 15 is 0 Å². The van der Waals surface area contributed by atoms with Crippen molar-refractivity contribution in [1.82, 2.24) is 25.0 Å². The summed E-state index contributed by atoms with van der Waals surface area (Å²) in [6.45, 7) is 7.09. The van der Waals surface area contributed by atoms with E-state index in [4.69, 9.17) is 29.9 Å². The molecule has 0 aliphatic carbocycles. The highest BCUT2D eigenvalue weighted by atomic mass is 32.1. The third-order valence-corrected chi connectivity index (χ3v) is 11.2. The van der Waals surface area contributed by atoms with Crippen molar-refractivity contribution in [3.63, 3.8) is 0 Å². The third-order valence-electron chi connectivity index (χ3n) is 10.3. The zero-order valence-electron chi connectivity index (χ0n) is 30.9. The first-order valence-corrected chi connectivity index (χ1v) is 19.1. The van der Waals surface area contributed by atoms with Crippen molar-refractivity contribution in [3.8, 4) is 22.5 Å². The van der Waals surface area contributed by atoms with E-state index in [1.54, 1.807) is 25.4 Å². The van der Waals surface area contributed by atoms with Crippen LogP contribution >= 0.6 is 11.3 Å². The van der Waals surface area contributed by atoms with Crippen LogP contribution in [0.25, 0.3) is 33.4 Å². The molecule has 4 aromatic rings. The van der Waals surface area contributed by atoms with Crippen molar-refractivity contribution in [2.75, 3.05) is 51.5 Å². The number of hydrazine groups is 1. The molecule has 6 heterocycles. The Balaban J connectivity index is 1.45. The van der Waals surface area contributed by atoms with Crippen molar-refractivity contribution in [3.05, 3.63) is 52.1 Å². The molecule has 16 heteroatoms. The Kier molecular flexibility index (Phi) is 10.8. The number of hydrogen-bond donors (Lipinski definition) is 2. The number of morpholine rings is 1. The van der Waals surface area contributed by atoms with Gasteiger partial charge in [-0.25, -0.2) is 10.4 Å². The van der Waals surface area contributed by atoms with Crippen LogP contribution in [-0.4, -0.2) is 96.2 Å². The molecule has 2 fully saturated rings. The highest BCUT2D eigenvalue weighted by molar-refractivity contribution is 7.10. The Morgan fingerprint density at radius 2 is 1.94 bits per heavy atom. The van der Waals surface area contributed by atoms with Crippen molar-refractivity contribution in [1.29, 1.82) is 0 Å². The lowest BCUT2D eigenvalue weighted by molar-refractivity contribution is -0.155. The molecule has 1 aromatic carbocycles. The molecule has 0 spiro atoms. The van der Waals surface area contributed by atoms with E-state index in [-0.39, 0.29) is 25.4 Å². The van der Waals surface area contributed by atoms with E-state index in [9.17, 15) is 22.8 Å². The molecule has 290 valence electrons. The number of carbonyl (C=O) groups excluding carboxylic acids is 2. The first-order valence-electron chi connectivity index (χ1n) is 18.2. The Bertz CT molecular complexity index is 2030. The van der Waals surface area contributed by atoms with Crippen molar-refractivity contribution in [2.45, 2.75) is 77.4 Å². The number of fused-ring (bicyclic) bond motifs is 6. The minimum atomic E-state index is -4.56. The van der Waals surface area contributed by atoms with Gasteiger partial charge in [-0.1, -0.05) is 19.9 Å². The van der Waals surface area contributed by atoms with Gasteiger partial charge in [-0.05, 0) is 49.9 Å². The number of carbonyl (C=O) groups is 2. The van der Waals surface area contributed by atoms with E-state index in [0.717, 1.165) is 5.69 Å². The molecule has 2 saturated heterocycles. The van der Waals surface area contributed by atoms with E-state index in [1.807, 2.05) is 38.3 Å². The number of nitrogens with one attached hydrogen (secondary N) is 1. The number of methoxy groups -OCH3 is 1. The number of benzene rings is 1. The molecule has 6 bridgehead atoms. The highest BCUT2D eigenvalue weighted by Gasteiger charge is 2.37. The van der Waals surface area contributed by atoms with Gasteiger partial charge in [0.2, 0.25) is 0 Å². The molecule has 3 N–H and O–H groups in total. The number of amides is 1. The second-order valence-corrected chi connectivity index (χ2v) is 16.0. The summed E-state index contributed by atoms with van der Waals surface area (Å²) in [5.41, 5.74) is 13.2. The maximum absolute atomic E-state index is 14.7. The van der Waals surface area contributed by atoms with Gasteiger partial charge in [-0.3, -0.25) is 19.6 Å². The van der Waals surface area contributed by atoms with Crippen LogP contribution in [0.15, 0.2) is 35.8 Å². The predicted octanol–water partition coefficient (Wildman–Crippen LogP) is 5.42. The van der Waals surface area contributed by atoms with Crippen LogP contribution in [0.4, 0.5) is 18.9 Å². The average Bonchev–Trinajstić information content (AvgIpc) is 3.74. The summed E-state index contributed by atoms with van der Waals surface area (Å²) in [5, 5.41) is 4.53. The number of halogens is 3. The van der Waals surface area contributed by atoms with Crippen molar-refractivity contribution < 1.29 is 37.0 Å². The Labute approximate surface area is 315 Å². The van der Waals surface area contributed by atoms with E-state index in [0.29, 0.717) is 95.4 Å². The molecule has 7 rings (SSSR count). The van der Waals surface area contributed by atoms with Crippen LogP contribution in [0.1, 0.15) is 56.0 Å². The normalized spacial score (nSPS) is 21.9. The van der Waals surface area contributed by atoms with Crippen LogP contribution in [0.3, 0.4) is 0 Å². The van der Waals surface area contributed by atoms with Crippen LogP contribution in [-0.2, 0) is 43.2 Å². The maximum atomic E-state index is 14.7. The van der Waals surface area contributed by atoms with Crippen LogP contribution in [0, 0.1) is 5.41 Å². The monoisotopic (exact) mass is 769 g/mol. The number of cyclic esters (lactones) is 1. The lowest BCUT2D eigenvalue weighted by Gasteiger charge is -2.34. The number of hydrogen-bond acceptors (Lipinski definition) is 11. The second-order valence-electron chi connectivity index (χ2n) is 15.1. The molecular formula is C38H46F3N7O5S. The molecule has 12 nitrogen and oxygen atoms in total. The second kappa shape index (κ2) is 15.2. The molecule has 3 atom stereocenters. The fourth-order valence-electron chi connectivity index (χ4n) is 7.52. The molecule has 0 saturated carbocycles. The number of alkyl halides is 3. The van der Waals surface area contributed by atoms with Gasteiger partial charge in [0.1, 0.15) is 12.6 Å². The number of anilines is 1. The van der Waals surface area contributed by atoms with Gasteiger partial charge in [0.25, 0.3) is 5.91 Å². The van der Waals surface area contributed by atoms with Crippen molar-refractivity contribution >= 4 is 39.8 Å². The Morgan fingerprint density at radius 3 is 2.69 bits per heavy atom. The van der Waals surface area contributed by atoms with Crippen molar-refractivity contribution in [2.24, 2.45) is 11.1 Å². The summed E-state index contributed by atoms with van der Waals surface area (Å²) in [7, 11) is 1.55. The topological polar surface area (TPSA) is 137 Å². The average molecular weight is 770 g/mol. The van der Waals surface area contributed by atoms with Gasteiger partial charge in [0.15, 0.2) is 0 Å². The van der Waals surface area contributed by atoms with E-state index < -0.39 is 42.3 Å². The minimum absolute atomic E-state index is 0.0224. The molecule has 54 heavy (non-hydrogen) atoms.